The van der Waals surface area contributed by atoms with Crippen molar-refractivity contribution in [3.8, 4) is 0 Å². The number of phosphoric acid groups is 1. The van der Waals surface area contributed by atoms with Crippen LogP contribution in [-0.4, -0.2) is 75.8 Å². The van der Waals surface area contributed by atoms with Crippen LogP contribution in [0.3, 0.4) is 0 Å². The van der Waals surface area contributed by atoms with Gasteiger partial charge in [0.15, 0.2) is 6.10 Å². The summed E-state index contributed by atoms with van der Waals surface area (Å²) < 4.78 is 34.8. The van der Waals surface area contributed by atoms with Crippen LogP contribution < -0.4 is 4.89 Å². The number of rotatable bonds is 57. The molecule has 0 saturated heterocycles. The van der Waals surface area contributed by atoms with Crippen molar-refractivity contribution in [2.45, 2.75) is 290 Å². The molecule has 0 aromatic heterocycles. The van der Waals surface area contributed by atoms with Crippen LogP contribution in [0.1, 0.15) is 284 Å². The maximum Gasteiger partial charge on any atom is 0.306 e. The number of nitrogens with zero attached hydrogens (tertiary/aromatic N) is 1. The minimum absolute atomic E-state index is 0.0549. The van der Waals surface area contributed by atoms with Gasteiger partial charge in [-0.25, -0.2) is 0 Å². The van der Waals surface area contributed by atoms with E-state index in [2.05, 4.69) is 63.3 Å². The molecule has 0 saturated carbocycles. The highest BCUT2D eigenvalue weighted by atomic mass is 31.2. The smallest absolute Gasteiger partial charge is 0.306 e. The summed E-state index contributed by atoms with van der Waals surface area (Å²) in [5, 5.41) is 0. The number of ether oxygens (including phenoxy) is 2. The van der Waals surface area contributed by atoms with Gasteiger partial charge in [0.1, 0.15) is 25.5 Å². The molecule has 438 valence electrons. The number of esters is 2. The second-order valence-corrected chi connectivity index (χ2v) is 23.9. The van der Waals surface area contributed by atoms with Gasteiger partial charge in [-0.15, -0.1) is 0 Å². The minimum Gasteiger partial charge on any atom is -0.756 e. The van der Waals surface area contributed by atoms with Gasteiger partial charge in [0, 0.05) is 18.8 Å². The molecule has 0 amide bonds. The Kier molecular flexibility index (Phi) is 51.9. The SMILES string of the molecule is CCCCC/C=C\C/C=C\C/C=C\C/C=C\CCCC(=O)O[C@H](COC(=O)CC(CCCCCCCCCCCCCCC)C(=O)CCCCCCCCCCCCCCCCC)COP(=O)([O-])OCC[N+](C)(C)C. The lowest BCUT2D eigenvalue weighted by atomic mass is 9.90. The van der Waals surface area contributed by atoms with Crippen molar-refractivity contribution in [2.24, 2.45) is 5.92 Å². The summed E-state index contributed by atoms with van der Waals surface area (Å²) in [4.78, 5) is 52.9. The molecule has 0 heterocycles. The number of unbranched alkanes of at least 4 members (excludes halogenated alkanes) is 30. The van der Waals surface area contributed by atoms with Crippen LogP contribution in [0.2, 0.25) is 0 Å². The third-order valence-electron chi connectivity index (χ3n) is 13.9. The predicted octanol–water partition coefficient (Wildman–Crippen LogP) is 18.1. The molecule has 0 aliphatic rings. The highest BCUT2D eigenvalue weighted by Crippen LogP contribution is 2.38. The van der Waals surface area contributed by atoms with E-state index >= 15 is 0 Å². The Morgan fingerprint density at radius 2 is 0.867 bits per heavy atom. The number of carbonyl (C=O) groups excluding carboxylic acids is 3. The average molecular weight is 1080 g/mol. The van der Waals surface area contributed by atoms with Gasteiger partial charge in [0.2, 0.25) is 0 Å². The summed E-state index contributed by atoms with van der Waals surface area (Å²) >= 11 is 0. The second kappa shape index (κ2) is 53.6. The maximum atomic E-state index is 13.7. The summed E-state index contributed by atoms with van der Waals surface area (Å²) in [5.41, 5.74) is 0. The molecule has 0 aliphatic heterocycles. The van der Waals surface area contributed by atoms with Crippen molar-refractivity contribution in [3.05, 3.63) is 48.6 Å². The summed E-state index contributed by atoms with van der Waals surface area (Å²) in [6.45, 7) is 6.17. The van der Waals surface area contributed by atoms with Crippen LogP contribution in [0, 0.1) is 5.92 Å². The molecular weight excluding hydrogens is 958 g/mol. The number of phosphoric ester groups is 1. The van der Waals surface area contributed by atoms with Crippen molar-refractivity contribution in [2.75, 3.05) is 47.5 Å². The van der Waals surface area contributed by atoms with E-state index in [9.17, 15) is 23.8 Å². The first-order chi connectivity index (χ1) is 36.3. The molecule has 0 rings (SSSR count). The van der Waals surface area contributed by atoms with Gasteiger partial charge in [-0.2, -0.15) is 0 Å². The zero-order valence-electron chi connectivity index (χ0n) is 49.7. The molecule has 0 aromatic carbocycles. The molecule has 0 spiro atoms. The van der Waals surface area contributed by atoms with E-state index in [0.29, 0.717) is 36.7 Å². The van der Waals surface area contributed by atoms with Crippen LogP contribution >= 0.6 is 7.82 Å². The predicted molar refractivity (Wildman–Crippen MR) is 315 cm³/mol. The quantitative estimate of drug-likeness (QED) is 0.0192. The van der Waals surface area contributed by atoms with E-state index in [1.807, 2.05) is 27.2 Å². The summed E-state index contributed by atoms with van der Waals surface area (Å²) in [6, 6.07) is 0. The van der Waals surface area contributed by atoms with Gasteiger partial charge in [-0.1, -0.05) is 256 Å². The zero-order valence-corrected chi connectivity index (χ0v) is 50.6. The summed E-state index contributed by atoms with van der Waals surface area (Å²) in [5.74, 6) is -1.44. The van der Waals surface area contributed by atoms with Crippen LogP contribution in [0.4, 0.5) is 0 Å². The lowest BCUT2D eigenvalue weighted by molar-refractivity contribution is -0.870. The number of Topliss-reactive ketones (excluding diaryl/α,β-unsaturated/α-hetero) is 1. The molecule has 0 N–H and O–H groups in total. The van der Waals surface area contributed by atoms with Crippen molar-refractivity contribution in [1.82, 2.24) is 0 Å². The lowest BCUT2D eigenvalue weighted by Crippen LogP contribution is -2.37. The Hall–Kier alpha value is -2.36. The maximum absolute atomic E-state index is 13.7. The highest BCUT2D eigenvalue weighted by Gasteiger charge is 2.25. The van der Waals surface area contributed by atoms with E-state index in [-0.39, 0.29) is 31.8 Å². The Labute approximate surface area is 462 Å². The largest absolute Gasteiger partial charge is 0.756 e. The number of hydrogen-bond donors (Lipinski definition) is 0. The molecule has 0 radical (unpaired) electrons. The Balaban J connectivity index is 5.25. The molecular formula is C64H118NO9P. The zero-order chi connectivity index (χ0) is 55.2. The van der Waals surface area contributed by atoms with E-state index in [4.69, 9.17) is 18.5 Å². The normalized spacial score (nSPS) is 13.9. The third-order valence-corrected chi connectivity index (χ3v) is 14.9. The fraction of sp³-hybridized carbons (Fsp3) is 0.828. The van der Waals surface area contributed by atoms with E-state index in [1.165, 1.54) is 161 Å². The van der Waals surface area contributed by atoms with E-state index < -0.39 is 38.4 Å². The van der Waals surface area contributed by atoms with Gasteiger partial charge in [-0.05, 0) is 57.8 Å². The fourth-order valence-electron chi connectivity index (χ4n) is 9.03. The third kappa shape index (κ3) is 54.8. The second-order valence-electron chi connectivity index (χ2n) is 22.5. The van der Waals surface area contributed by atoms with Gasteiger partial charge in [0.25, 0.3) is 7.82 Å². The van der Waals surface area contributed by atoms with Crippen molar-refractivity contribution in [3.63, 3.8) is 0 Å². The Morgan fingerprint density at radius 3 is 1.32 bits per heavy atom. The molecule has 11 heteroatoms. The molecule has 0 bridgehead atoms. The number of hydrogen-bond acceptors (Lipinski definition) is 9. The molecule has 0 fully saturated rings. The van der Waals surface area contributed by atoms with Gasteiger partial charge < -0.3 is 27.9 Å². The van der Waals surface area contributed by atoms with Gasteiger partial charge >= 0.3 is 11.9 Å². The average Bonchev–Trinajstić information content (AvgIpc) is 3.37. The first-order valence-electron chi connectivity index (χ1n) is 31.2. The van der Waals surface area contributed by atoms with Crippen LogP contribution in [0.5, 0.6) is 0 Å². The Bertz CT molecular complexity index is 1490. The number of allylic oxidation sites excluding steroid dienone is 8. The minimum atomic E-state index is -4.74. The van der Waals surface area contributed by atoms with E-state index in [0.717, 1.165) is 64.2 Å². The number of carbonyl (C=O) groups is 3. The van der Waals surface area contributed by atoms with Crippen molar-refractivity contribution >= 4 is 25.5 Å². The van der Waals surface area contributed by atoms with Crippen LogP contribution in [-0.2, 0) is 37.5 Å². The van der Waals surface area contributed by atoms with Crippen LogP contribution in [0.25, 0.3) is 0 Å². The van der Waals surface area contributed by atoms with Gasteiger partial charge in [-0.3, -0.25) is 18.9 Å². The molecule has 10 nitrogen and oxygen atoms in total. The molecule has 3 atom stereocenters. The first-order valence-corrected chi connectivity index (χ1v) is 32.7. The standard InChI is InChI=1S/C64H118NO9P/c1-7-10-13-16-19-22-25-28-30-31-33-36-39-42-45-48-51-54-63(67)74-61(59-73-75(69,70)72-56-55-65(4,5)6)58-71-64(68)57-60(52-49-46-43-40-37-34-27-24-21-18-15-12-9-3)62(66)53-50-47-44-41-38-35-32-29-26-23-20-17-14-11-8-2/h19,22,28,30,33,36,42,45,60-61H,7-18,20-21,23-27,29,31-32,34-35,37-41,43-44,46-59H2,1-6H3/b22-19-,30-28-,36-33-,45-42-/t60?,61-/m1/s1. The monoisotopic (exact) mass is 1080 g/mol. The number of ketones is 1. The molecule has 0 aromatic rings. The van der Waals surface area contributed by atoms with Crippen molar-refractivity contribution < 1.29 is 46.8 Å². The molecule has 2 unspecified atom stereocenters. The first kappa shape index (κ1) is 72.6. The molecule has 75 heavy (non-hydrogen) atoms. The molecule has 0 aliphatic carbocycles. The van der Waals surface area contributed by atoms with Gasteiger partial charge in [0.05, 0.1) is 34.2 Å². The lowest BCUT2D eigenvalue weighted by Gasteiger charge is -2.28. The number of likely N-dealkylation sites (N-methyl/N-ethyl adjacent to an activating group) is 1. The Morgan fingerprint density at radius 1 is 0.467 bits per heavy atom. The fourth-order valence-corrected chi connectivity index (χ4v) is 9.76. The topological polar surface area (TPSA) is 128 Å². The highest BCUT2D eigenvalue weighted by molar-refractivity contribution is 7.45. The summed E-state index contributed by atoms with van der Waals surface area (Å²) in [6.07, 6.45) is 61.1. The van der Waals surface area contributed by atoms with Crippen LogP contribution in [0.15, 0.2) is 48.6 Å². The van der Waals surface area contributed by atoms with E-state index in [1.54, 1.807) is 0 Å². The number of quaternary nitrogens is 1. The van der Waals surface area contributed by atoms with Crippen molar-refractivity contribution in [1.29, 1.82) is 0 Å². The summed E-state index contributed by atoms with van der Waals surface area (Å²) in [7, 11) is 1.03.